The summed E-state index contributed by atoms with van der Waals surface area (Å²) in [5.41, 5.74) is 5.33. The number of thiazole rings is 1. The topological polar surface area (TPSA) is 48.4 Å². The highest BCUT2D eigenvalue weighted by Gasteiger charge is 2.23. The Morgan fingerprint density at radius 1 is 1.52 bits per heavy atom. The Hall–Kier alpha value is -1.27. The molecule has 2 N–H and O–H groups in total. The van der Waals surface area contributed by atoms with Crippen LogP contribution in [-0.2, 0) is 0 Å². The molecule has 5 heteroatoms. The van der Waals surface area contributed by atoms with Crippen molar-refractivity contribution < 1.29 is 5.11 Å². The second-order valence-corrected chi connectivity index (χ2v) is 6.26. The van der Waals surface area contributed by atoms with Gasteiger partial charge in [0.25, 0.3) is 0 Å². The van der Waals surface area contributed by atoms with Crippen LogP contribution in [0.1, 0.15) is 18.0 Å². The van der Waals surface area contributed by atoms with Crippen molar-refractivity contribution in [1.82, 2.24) is 15.2 Å². The first-order valence-electron chi connectivity index (χ1n) is 7.32. The number of aromatic nitrogens is 1. The Kier molecular flexibility index (Phi) is 4.65. The van der Waals surface area contributed by atoms with Gasteiger partial charge in [0.1, 0.15) is 0 Å². The van der Waals surface area contributed by atoms with Crippen molar-refractivity contribution in [1.29, 1.82) is 0 Å². The van der Waals surface area contributed by atoms with Crippen molar-refractivity contribution in [2.45, 2.75) is 18.6 Å². The minimum Gasteiger partial charge on any atom is -0.392 e. The molecule has 1 fully saturated rings. The van der Waals surface area contributed by atoms with Gasteiger partial charge in [0.05, 0.1) is 17.3 Å². The summed E-state index contributed by atoms with van der Waals surface area (Å²) < 4.78 is 0. The molecule has 0 saturated carbocycles. The molecule has 0 amide bonds. The number of likely N-dealkylation sites (N-methyl/N-ethyl adjacent to an activating group) is 1. The largest absolute Gasteiger partial charge is 0.392 e. The second kappa shape index (κ2) is 6.66. The lowest BCUT2D eigenvalue weighted by Crippen LogP contribution is -2.33. The third-order valence-corrected chi connectivity index (χ3v) is 4.64. The van der Waals surface area contributed by atoms with Crippen LogP contribution in [0.15, 0.2) is 35.2 Å². The van der Waals surface area contributed by atoms with Crippen molar-refractivity contribution in [2.75, 3.05) is 26.7 Å². The van der Waals surface area contributed by atoms with Crippen molar-refractivity contribution >= 4 is 11.3 Å². The highest BCUT2D eigenvalue weighted by Crippen LogP contribution is 2.24. The fourth-order valence-electron chi connectivity index (χ4n) is 2.87. The number of aliphatic hydroxyl groups excluding tert-OH is 1. The number of rotatable bonds is 5. The minimum atomic E-state index is -0.163. The van der Waals surface area contributed by atoms with Crippen LogP contribution in [0.25, 0.3) is 11.3 Å². The number of aliphatic hydroxyl groups is 1. The SMILES string of the molecule is CN[C@H](CN1CC[C@@H](O)C1)c1cccc(-c2cscn2)c1. The van der Waals surface area contributed by atoms with E-state index in [1.807, 2.05) is 12.6 Å². The third-order valence-electron chi connectivity index (χ3n) is 4.05. The number of hydrogen-bond acceptors (Lipinski definition) is 5. The lowest BCUT2D eigenvalue weighted by atomic mass is 10.0. The van der Waals surface area contributed by atoms with Gasteiger partial charge < -0.3 is 10.4 Å². The monoisotopic (exact) mass is 303 g/mol. The Bertz CT molecular complexity index is 573. The fraction of sp³-hybridized carbons (Fsp3) is 0.438. The number of β-amino-alcohol motifs (C(OH)–C–C–N with tert-alkyl or cyclic N) is 1. The van der Waals surface area contributed by atoms with Gasteiger partial charge in [-0.15, -0.1) is 11.3 Å². The van der Waals surface area contributed by atoms with Gasteiger partial charge in [-0.2, -0.15) is 0 Å². The highest BCUT2D eigenvalue weighted by atomic mass is 32.1. The average Bonchev–Trinajstić information content (AvgIpc) is 3.16. The van der Waals surface area contributed by atoms with Crippen LogP contribution in [0, 0.1) is 0 Å². The predicted molar refractivity (Wildman–Crippen MR) is 86.4 cm³/mol. The molecule has 2 heterocycles. The van der Waals surface area contributed by atoms with E-state index in [0.717, 1.165) is 37.3 Å². The number of benzene rings is 1. The lowest BCUT2D eigenvalue weighted by molar-refractivity contribution is 0.173. The van der Waals surface area contributed by atoms with Gasteiger partial charge in [-0.3, -0.25) is 4.90 Å². The molecule has 0 unspecified atom stereocenters. The molecule has 21 heavy (non-hydrogen) atoms. The molecule has 1 aromatic carbocycles. The van der Waals surface area contributed by atoms with E-state index >= 15 is 0 Å². The summed E-state index contributed by atoms with van der Waals surface area (Å²) >= 11 is 1.62. The maximum absolute atomic E-state index is 9.66. The molecule has 1 saturated heterocycles. The standard InChI is InChI=1S/C16H21N3OS/c1-17-15(9-19-6-5-14(20)8-19)12-3-2-4-13(7-12)16-10-21-11-18-16/h2-4,7,10-11,14-15,17,20H,5-6,8-9H2,1H3/t14-,15-/m1/s1. The molecule has 1 aromatic heterocycles. The van der Waals surface area contributed by atoms with E-state index in [0.29, 0.717) is 0 Å². The van der Waals surface area contributed by atoms with Crippen LogP contribution in [0.2, 0.25) is 0 Å². The zero-order valence-electron chi connectivity index (χ0n) is 12.2. The first-order chi connectivity index (χ1) is 10.3. The molecule has 0 aliphatic carbocycles. The first-order valence-corrected chi connectivity index (χ1v) is 8.27. The molecular formula is C16H21N3OS. The second-order valence-electron chi connectivity index (χ2n) is 5.54. The molecule has 3 rings (SSSR count). The molecule has 2 aromatic rings. The van der Waals surface area contributed by atoms with E-state index in [1.165, 1.54) is 5.56 Å². The van der Waals surface area contributed by atoms with Gasteiger partial charge in [-0.25, -0.2) is 4.98 Å². The van der Waals surface area contributed by atoms with E-state index in [2.05, 4.69) is 44.8 Å². The quantitative estimate of drug-likeness (QED) is 0.888. The summed E-state index contributed by atoms with van der Waals surface area (Å²) in [6.45, 7) is 2.68. The van der Waals surface area contributed by atoms with Crippen LogP contribution in [0.5, 0.6) is 0 Å². The number of hydrogen-bond donors (Lipinski definition) is 2. The van der Waals surface area contributed by atoms with Crippen LogP contribution in [0.3, 0.4) is 0 Å². The molecule has 2 atom stereocenters. The molecule has 1 aliphatic heterocycles. The van der Waals surface area contributed by atoms with Crippen LogP contribution in [-0.4, -0.2) is 47.8 Å². The van der Waals surface area contributed by atoms with Crippen LogP contribution < -0.4 is 5.32 Å². The van der Waals surface area contributed by atoms with Crippen molar-refractivity contribution in [2.24, 2.45) is 0 Å². The highest BCUT2D eigenvalue weighted by molar-refractivity contribution is 7.07. The summed E-state index contributed by atoms with van der Waals surface area (Å²) in [5, 5.41) is 15.1. The van der Waals surface area contributed by atoms with Crippen LogP contribution in [0.4, 0.5) is 0 Å². The number of nitrogens with one attached hydrogen (secondary N) is 1. The summed E-state index contributed by atoms with van der Waals surface area (Å²) in [5.74, 6) is 0. The van der Waals surface area contributed by atoms with E-state index in [4.69, 9.17) is 0 Å². The Balaban J connectivity index is 1.76. The molecule has 0 spiro atoms. The first kappa shape index (κ1) is 14.7. The maximum atomic E-state index is 9.66. The summed E-state index contributed by atoms with van der Waals surface area (Å²) in [6, 6.07) is 8.83. The minimum absolute atomic E-state index is 0.163. The zero-order chi connectivity index (χ0) is 14.7. The lowest BCUT2D eigenvalue weighted by Gasteiger charge is -2.24. The Morgan fingerprint density at radius 2 is 2.43 bits per heavy atom. The average molecular weight is 303 g/mol. The van der Waals surface area contributed by atoms with E-state index < -0.39 is 0 Å². The zero-order valence-corrected chi connectivity index (χ0v) is 13.0. The van der Waals surface area contributed by atoms with E-state index in [-0.39, 0.29) is 12.1 Å². The number of nitrogens with zero attached hydrogens (tertiary/aromatic N) is 2. The van der Waals surface area contributed by atoms with E-state index in [9.17, 15) is 5.11 Å². The van der Waals surface area contributed by atoms with Crippen molar-refractivity contribution in [3.05, 3.63) is 40.7 Å². The Morgan fingerprint density at radius 3 is 3.10 bits per heavy atom. The Labute approximate surface area is 129 Å². The van der Waals surface area contributed by atoms with Gasteiger partial charge in [0, 0.05) is 36.6 Å². The summed E-state index contributed by atoms with van der Waals surface area (Å²) in [6.07, 6.45) is 0.721. The molecule has 0 bridgehead atoms. The van der Waals surface area contributed by atoms with Crippen molar-refractivity contribution in [3.63, 3.8) is 0 Å². The molecule has 0 radical (unpaired) electrons. The van der Waals surface area contributed by atoms with Gasteiger partial charge in [-0.05, 0) is 25.1 Å². The molecular weight excluding hydrogens is 282 g/mol. The normalized spacial score (nSPS) is 20.8. The predicted octanol–water partition coefficient (Wildman–Crippen LogP) is 2.14. The molecule has 1 aliphatic rings. The van der Waals surface area contributed by atoms with E-state index in [1.54, 1.807) is 11.3 Å². The van der Waals surface area contributed by atoms with Gasteiger partial charge in [0.2, 0.25) is 0 Å². The van der Waals surface area contributed by atoms with Crippen molar-refractivity contribution in [3.8, 4) is 11.3 Å². The molecule has 4 nitrogen and oxygen atoms in total. The van der Waals surface area contributed by atoms with Crippen LogP contribution >= 0.6 is 11.3 Å². The third kappa shape index (κ3) is 3.49. The molecule has 112 valence electrons. The van der Waals surface area contributed by atoms with Gasteiger partial charge in [0.15, 0.2) is 0 Å². The number of likely N-dealkylation sites (tertiary alicyclic amines) is 1. The van der Waals surface area contributed by atoms with Gasteiger partial charge >= 0.3 is 0 Å². The fourth-order valence-corrected chi connectivity index (χ4v) is 3.43. The van der Waals surface area contributed by atoms with Gasteiger partial charge in [-0.1, -0.05) is 18.2 Å². The summed E-state index contributed by atoms with van der Waals surface area (Å²) in [7, 11) is 1.99. The smallest absolute Gasteiger partial charge is 0.0811 e. The maximum Gasteiger partial charge on any atom is 0.0811 e. The summed E-state index contributed by atoms with van der Waals surface area (Å²) in [4.78, 5) is 6.70.